The molecule has 0 nitrogen and oxygen atoms in total. The Bertz CT molecular complexity index is 1860. The summed E-state index contributed by atoms with van der Waals surface area (Å²) in [5.41, 5.74) is 9.82. The molecule has 1 aliphatic carbocycles. The fourth-order valence-electron chi connectivity index (χ4n) is 6.43. The van der Waals surface area contributed by atoms with E-state index in [1.54, 1.807) is 0 Å². The van der Waals surface area contributed by atoms with Crippen molar-refractivity contribution in [3.8, 4) is 22.3 Å². The molecule has 188 valence electrons. The molecule has 0 N–H and O–H groups in total. The second-order valence-electron chi connectivity index (χ2n) is 9.86. The first-order valence-corrected chi connectivity index (χ1v) is 13.8. The van der Waals surface area contributed by atoms with Gasteiger partial charge in [0.15, 0.2) is 0 Å². The van der Waals surface area contributed by atoms with Crippen molar-refractivity contribution in [2.45, 2.75) is 19.3 Å². The Morgan fingerprint density at radius 3 is 1.64 bits per heavy atom. The average molecular weight is 501 g/mol. The van der Waals surface area contributed by atoms with Gasteiger partial charge in [0, 0.05) is 0 Å². The van der Waals surface area contributed by atoms with Crippen LogP contribution in [0.2, 0.25) is 0 Å². The molecule has 0 saturated carbocycles. The average Bonchev–Trinajstić information content (AvgIpc) is 3.32. The van der Waals surface area contributed by atoms with Crippen LogP contribution >= 0.6 is 0 Å². The van der Waals surface area contributed by atoms with Crippen LogP contribution in [0.5, 0.6) is 0 Å². The van der Waals surface area contributed by atoms with Crippen LogP contribution in [0.4, 0.5) is 0 Å². The van der Waals surface area contributed by atoms with Crippen molar-refractivity contribution in [3.63, 3.8) is 0 Å². The van der Waals surface area contributed by atoms with Crippen LogP contribution in [0.15, 0.2) is 133 Å². The number of hydrogen-bond acceptors (Lipinski definition) is 0. The molecule has 0 saturated heterocycles. The molecule has 39 heavy (non-hydrogen) atoms. The van der Waals surface area contributed by atoms with Gasteiger partial charge in [0.25, 0.3) is 0 Å². The van der Waals surface area contributed by atoms with Crippen molar-refractivity contribution in [3.05, 3.63) is 166 Å². The number of rotatable bonds is 3. The number of benzene rings is 6. The normalized spacial score (nSPS) is 12.8. The van der Waals surface area contributed by atoms with Crippen LogP contribution < -0.4 is 10.4 Å². The Labute approximate surface area is 231 Å². The lowest BCUT2D eigenvalue weighted by atomic mass is 9.67. The third-order valence-corrected chi connectivity index (χ3v) is 8.02. The first-order chi connectivity index (χ1) is 19.2. The Hall–Kier alpha value is -4.68. The lowest BCUT2D eigenvalue weighted by molar-refractivity contribution is 0.768. The van der Waals surface area contributed by atoms with E-state index in [-0.39, 0.29) is 0 Å². The lowest BCUT2D eigenvalue weighted by Gasteiger charge is -2.34. The van der Waals surface area contributed by atoms with Gasteiger partial charge >= 0.3 is 0 Å². The Balaban J connectivity index is 0.00000135. The zero-order valence-electron chi connectivity index (χ0n) is 22.6. The van der Waals surface area contributed by atoms with Crippen LogP contribution in [0.25, 0.3) is 46.2 Å². The molecule has 6 aromatic carbocycles. The standard InChI is InChI=1S/C37H26.C2H6/c1-25-24-33(30-19-10-9-18-29(30)26(25)2)31-21-13-23-35-36(31)32-20-11-12-22-34(32)37(35,27-14-5-3-6-15-27)28-16-7-4-8-17-28;1-2/h3-24H,1-2H2;1-2H3. The molecular formula is C39H32. The second-order valence-corrected chi connectivity index (χ2v) is 9.86. The molecule has 6 aromatic rings. The molecule has 0 heterocycles. The van der Waals surface area contributed by atoms with Crippen LogP contribution in [0.3, 0.4) is 0 Å². The van der Waals surface area contributed by atoms with Crippen molar-refractivity contribution in [2.24, 2.45) is 0 Å². The summed E-state index contributed by atoms with van der Waals surface area (Å²) in [7, 11) is 0. The molecule has 0 bridgehead atoms. The number of fused-ring (bicyclic) bond motifs is 4. The molecule has 0 unspecified atom stereocenters. The monoisotopic (exact) mass is 500 g/mol. The van der Waals surface area contributed by atoms with Gasteiger partial charge in [-0.3, -0.25) is 0 Å². The van der Waals surface area contributed by atoms with Crippen LogP contribution in [-0.2, 0) is 5.41 Å². The van der Waals surface area contributed by atoms with Crippen molar-refractivity contribution in [1.82, 2.24) is 0 Å². The summed E-state index contributed by atoms with van der Waals surface area (Å²) in [5.74, 6) is 0. The predicted octanol–water partition coefficient (Wildman–Crippen LogP) is 8.72. The van der Waals surface area contributed by atoms with Crippen molar-refractivity contribution in [1.29, 1.82) is 0 Å². The van der Waals surface area contributed by atoms with E-state index >= 15 is 0 Å². The molecule has 0 aliphatic heterocycles. The molecule has 0 spiro atoms. The maximum absolute atomic E-state index is 4.36. The first kappa shape index (κ1) is 24.6. The summed E-state index contributed by atoms with van der Waals surface area (Å²) < 4.78 is 0. The quantitative estimate of drug-likeness (QED) is 0.228. The van der Waals surface area contributed by atoms with E-state index in [0.29, 0.717) is 0 Å². The molecule has 0 heteroatoms. The third-order valence-electron chi connectivity index (χ3n) is 8.02. The van der Waals surface area contributed by atoms with Gasteiger partial charge in [0.2, 0.25) is 0 Å². The fraction of sp³-hybridized carbons (Fsp3) is 0.0769. The van der Waals surface area contributed by atoms with E-state index in [9.17, 15) is 0 Å². The SMILES string of the molecule is C=c1cc(-c2cccc3c2-c2ccccc2C3(c2ccccc2)c2ccccc2)c2ccccc2c1=C.CC. The largest absolute Gasteiger partial charge is 0.0911 e. The van der Waals surface area contributed by atoms with E-state index in [0.717, 1.165) is 15.8 Å². The third kappa shape index (κ3) is 3.60. The molecule has 0 radical (unpaired) electrons. The highest BCUT2D eigenvalue weighted by Gasteiger charge is 2.46. The summed E-state index contributed by atoms with van der Waals surface area (Å²) >= 11 is 0. The van der Waals surface area contributed by atoms with E-state index in [2.05, 4.69) is 147 Å². The van der Waals surface area contributed by atoms with E-state index in [1.165, 1.54) is 49.9 Å². The van der Waals surface area contributed by atoms with Crippen molar-refractivity contribution >= 4 is 23.9 Å². The van der Waals surface area contributed by atoms with Gasteiger partial charge in [-0.25, -0.2) is 0 Å². The highest BCUT2D eigenvalue weighted by Crippen LogP contribution is 2.58. The highest BCUT2D eigenvalue weighted by molar-refractivity contribution is 6.04. The van der Waals surface area contributed by atoms with Crippen molar-refractivity contribution in [2.75, 3.05) is 0 Å². The second kappa shape index (κ2) is 9.89. The van der Waals surface area contributed by atoms with Gasteiger partial charge < -0.3 is 0 Å². The van der Waals surface area contributed by atoms with Gasteiger partial charge in [-0.1, -0.05) is 154 Å². The predicted molar refractivity (Wildman–Crippen MR) is 168 cm³/mol. The minimum atomic E-state index is -0.403. The van der Waals surface area contributed by atoms with Gasteiger partial charge in [0.05, 0.1) is 5.41 Å². The topological polar surface area (TPSA) is 0 Å². The van der Waals surface area contributed by atoms with E-state index < -0.39 is 5.41 Å². The van der Waals surface area contributed by atoms with Gasteiger partial charge in [-0.15, -0.1) is 0 Å². The minimum Gasteiger partial charge on any atom is -0.0911 e. The maximum atomic E-state index is 4.36. The number of hydrogen-bond donors (Lipinski definition) is 0. The molecule has 7 rings (SSSR count). The van der Waals surface area contributed by atoms with Crippen LogP contribution in [0, 0.1) is 0 Å². The summed E-state index contributed by atoms with van der Waals surface area (Å²) in [6, 6.07) is 48.4. The molecule has 1 aliphatic rings. The molecule has 0 amide bonds. The molecule has 0 fully saturated rings. The molecular weight excluding hydrogens is 468 g/mol. The Kier molecular flexibility index (Phi) is 6.25. The summed E-state index contributed by atoms with van der Waals surface area (Å²) in [6.45, 7) is 12.7. The van der Waals surface area contributed by atoms with Gasteiger partial charge in [0.1, 0.15) is 0 Å². The molecule has 0 atom stereocenters. The van der Waals surface area contributed by atoms with E-state index in [4.69, 9.17) is 0 Å². The summed E-state index contributed by atoms with van der Waals surface area (Å²) in [5, 5.41) is 4.33. The van der Waals surface area contributed by atoms with Gasteiger partial charge in [-0.2, -0.15) is 0 Å². The van der Waals surface area contributed by atoms with Crippen LogP contribution in [0.1, 0.15) is 36.1 Å². The summed E-state index contributed by atoms with van der Waals surface area (Å²) in [4.78, 5) is 0. The smallest absolute Gasteiger partial charge is 0.0713 e. The summed E-state index contributed by atoms with van der Waals surface area (Å²) in [6.07, 6.45) is 0. The van der Waals surface area contributed by atoms with Crippen molar-refractivity contribution < 1.29 is 0 Å². The lowest BCUT2D eigenvalue weighted by Crippen LogP contribution is -2.28. The van der Waals surface area contributed by atoms with E-state index in [1.807, 2.05) is 13.8 Å². The zero-order valence-corrected chi connectivity index (χ0v) is 22.6. The zero-order chi connectivity index (χ0) is 27.0. The maximum Gasteiger partial charge on any atom is 0.0713 e. The molecule has 0 aromatic heterocycles. The Morgan fingerprint density at radius 2 is 0.974 bits per heavy atom. The van der Waals surface area contributed by atoms with Crippen LogP contribution in [-0.4, -0.2) is 0 Å². The van der Waals surface area contributed by atoms with Gasteiger partial charge in [-0.05, 0) is 71.8 Å². The fourth-order valence-corrected chi connectivity index (χ4v) is 6.43. The Morgan fingerprint density at radius 1 is 0.462 bits per heavy atom. The first-order valence-electron chi connectivity index (χ1n) is 13.8. The highest BCUT2D eigenvalue weighted by atomic mass is 14.5. The minimum absolute atomic E-state index is 0.403.